The van der Waals surface area contributed by atoms with Crippen LogP contribution in [0.15, 0.2) is 0 Å². The Kier molecular flexibility index (Phi) is 6.32. The summed E-state index contributed by atoms with van der Waals surface area (Å²) in [4.78, 5) is 34.3. The Balaban J connectivity index is 4.04. The molecule has 0 fully saturated rings. The summed E-state index contributed by atoms with van der Waals surface area (Å²) in [7, 11) is 2.87. The van der Waals surface area contributed by atoms with Crippen molar-refractivity contribution in [2.75, 3.05) is 27.2 Å². The second-order valence-electron chi connectivity index (χ2n) is 5.15. The van der Waals surface area contributed by atoms with Crippen molar-refractivity contribution < 1.29 is 24.0 Å². The lowest BCUT2D eigenvalue weighted by Crippen LogP contribution is -3.11. The fourth-order valence-corrected chi connectivity index (χ4v) is 1.28. The van der Waals surface area contributed by atoms with Gasteiger partial charge in [-0.3, -0.25) is 14.9 Å². The number of quaternary nitrogens is 1. The molecule has 0 aliphatic carbocycles. The minimum absolute atomic E-state index is 0.0205. The molecule has 7 heteroatoms. The normalized spacial score (nSPS) is 12.5. The maximum Gasteiger partial charge on any atom is 0.413 e. The summed E-state index contributed by atoms with van der Waals surface area (Å²) in [5.74, 6) is -0.631. The molecule has 1 atom stereocenters. The highest BCUT2D eigenvalue weighted by Gasteiger charge is 2.19. The number of likely N-dealkylation sites (N-methyl/N-ethyl adjacent to an activating group) is 1. The van der Waals surface area contributed by atoms with E-state index in [9.17, 15) is 14.4 Å². The van der Waals surface area contributed by atoms with Crippen LogP contribution in [0.2, 0.25) is 0 Å². The number of rotatable bonds is 4. The zero-order chi connectivity index (χ0) is 14.3. The predicted molar refractivity (Wildman–Crippen MR) is 65.1 cm³/mol. The molecule has 3 N–H and O–H groups in total. The first kappa shape index (κ1) is 16.4. The van der Waals surface area contributed by atoms with Crippen molar-refractivity contribution in [1.82, 2.24) is 10.6 Å². The molecule has 0 radical (unpaired) electrons. The average Bonchev–Trinajstić information content (AvgIpc) is 2.12. The number of nitrogens with one attached hydrogen (secondary N) is 3. The Morgan fingerprint density at radius 1 is 1.11 bits per heavy atom. The highest BCUT2D eigenvalue weighted by atomic mass is 16.5. The van der Waals surface area contributed by atoms with E-state index >= 15 is 0 Å². The van der Waals surface area contributed by atoms with Gasteiger partial charge in [-0.15, -0.1) is 0 Å². The van der Waals surface area contributed by atoms with Crippen LogP contribution >= 0.6 is 0 Å². The van der Waals surface area contributed by atoms with Crippen LogP contribution in [-0.2, 0) is 14.3 Å². The van der Waals surface area contributed by atoms with Crippen LogP contribution in [0.25, 0.3) is 0 Å². The van der Waals surface area contributed by atoms with E-state index in [1.807, 2.05) is 26.1 Å². The fraction of sp³-hybridized carbons (Fsp3) is 0.727. The van der Waals surface area contributed by atoms with Crippen LogP contribution < -0.4 is 15.5 Å². The number of imide groups is 1. The number of carbonyl (C=O) groups is 3. The quantitative estimate of drug-likeness (QED) is 0.562. The molecule has 0 bridgehead atoms. The number of methoxy groups -OCH3 is 1. The Morgan fingerprint density at radius 3 is 2.06 bits per heavy atom. The van der Waals surface area contributed by atoms with Crippen molar-refractivity contribution in [3.63, 3.8) is 0 Å². The SMILES string of the molecule is COC(=O)NC(=O)C[NH+](C)CC(=O)NC(C)(C)C. The molecule has 7 nitrogen and oxygen atoms in total. The number of hydrogen-bond acceptors (Lipinski definition) is 4. The predicted octanol–water partition coefficient (Wildman–Crippen LogP) is -1.70. The summed E-state index contributed by atoms with van der Waals surface area (Å²) in [6.07, 6.45) is -0.799. The first-order valence-corrected chi connectivity index (χ1v) is 5.64. The van der Waals surface area contributed by atoms with Gasteiger partial charge >= 0.3 is 6.09 Å². The number of ether oxygens (including phenoxy) is 1. The number of amides is 3. The third-order valence-corrected chi connectivity index (χ3v) is 1.87. The molecule has 0 aromatic heterocycles. The van der Waals surface area contributed by atoms with Gasteiger partial charge in [0.25, 0.3) is 11.8 Å². The smallest absolute Gasteiger partial charge is 0.413 e. The molecule has 104 valence electrons. The summed E-state index contributed by atoms with van der Waals surface area (Å²) in [5.41, 5.74) is -0.300. The van der Waals surface area contributed by atoms with Crippen molar-refractivity contribution in [3.8, 4) is 0 Å². The van der Waals surface area contributed by atoms with Gasteiger partial charge in [-0.05, 0) is 20.8 Å². The molecular weight excluding hydrogens is 238 g/mol. The lowest BCUT2D eigenvalue weighted by Gasteiger charge is -2.21. The first-order valence-electron chi connectivity index (χ1n) is 5.64. The summed E-state index contributed by atoms with van der Waals surface area (Å²) < 4.78 is 4.29. The van der Waals surface area contributed by atoms with E-state index < -0.39 is 12.0 Å². The van der Waals surface area contributed by atoms with E-state index in [0.717, 1.165) is 0 Å². The van der Waals surface area contributed by atoms with E-state index in [4.69, 9.17) is 0 Å². The molecule has 0 spiro atoms. The highest BCUT2D eigenvalue weighted by Crippen LogP contribution is 1.96. The van der Waals surface area contributed by atoms with Crippen LogP contribution in [0, 0.1) is 0 Å². The van der Waals surface area contributed by atoms with E-state index in [-0.39, 0.29) is 24.5 Å². The van der Waals surface area contributed by atoms with Crippen molar-refractivity contribution in [2.45, 2.75) is 26.3 Å². The number of alkyl carbamates (subject to hydrolysis) is 1. The molecule has 0 heterocycles. The van der Waals surface area contributed by atoms with E-state index in [1.165, 1.54) is 7.11 Å². The zero-order valence-electron chi connectivity index (χ0n) is 11.5. The van der Waals surface area contributed by atoms with Gasteiger partial charge in [0.05, 0.1) is 14.2 Å². The lowest BCUT2D eigenvalue weighted by molar-refractivity contribution is -0.862. The van der Waals surface area contributed by atoms with Crippen LogP contribution in [0.4, 0.5) is 4.79 Å². The van der Waals surface area contributed by atoms with Gasteiger partial charge in [0, 0.05) is 5.54 Å². The molecule has 0 aliphatic heterocycles. The molecule has 3 amide bonds. The topological polar surface area (TPSA) is 88.9 Å². The summed E-state index contributed by atoms with van der Waals surface area (Å²) in [5, 5.41) is 4.82. The van der Waals surface area contributed by atoms with E-state index in [0.29, 0.717) is 4.90 Å². The van der Waals surface area contributed by atoms with Gasteiger partial charge in [0.1, 0.15) is 0 Å². The van der Waals surface area contributed by atoms with Gasteiger partial charge in [0.2, 0.25) is 0 Å². The Labute approximate surface area is 107 Å². The largest absolute Gasteiger partial charge is 0.453 e. The van der Waals surface area contributed by atoms with Gasteiger partial charge in [-0.2, -0.15) is 0 Å². The minimum Gasteiger partial charge on any atom is -0.453 e. The van der Waals surface area contributed by atoms with E-state index in [2.05, 4.69) is 10.1 Å². The maximum atomic E-state index is 11.6. The van der Waals surface area contributed by atoms with Crippen LogP contribution in [0.1, 0.15) is 20.8 Å². The second kappa shape index (κ2) is 6.95. The van der Waals surface area contributed by atoms with Crippen molar-refractivity contribution >= 4 is 17.9 Å². The van der Waals surface area contributed by atoms with Gasteiger partial charge in [-0.1, -0.05) is 0 Å². The van der Waals surface area contributed by atoms with Crippen molar-refractivity contribution in [3.05, 3.63) is 0 Å². The molecule has 18 heavy (non-hydrogen) atoms. The van der Waals surface area contributed by atoms with Crippen LogP contribution in [0.5, 0.6) is 0 Å². The Bertz CT molecular complexity index is 323. The standard InChI is InChI=1S/C11H21N3O4/c1-11(2,3)13-9(16)7-14(4)6-8(15)12-10(17)18-5/h6-7H2,1-5H3,(H,13,16)(H,12,15,17)/p+1. The maximum absolute atomic E-state index is 11.6. The summed E-state index contributed by atoms with van der Waals surface area (Å²) in [6.45, 7) is 5.82. The molecule has 0 saturated carbocycles. The average molecular weight is 260 g/mol. The Morgan fingerprint density at radius 2 is 1.61 bits per heavy atom. The van der Waals surface area contributed by atoms with Crippen molar-refractivity contribution in [1.29, 1.82) is 0 Å². The van der Waals surface area contributed by atoms with E-state index in [1.54, 1.807) is 7.05 Å². The molecule has 1 unspecified atom stereocenters. The first-order chi connectivity index (χ1) is 8.14. The monoisotopic (exact) mass is 260 g/mol. The van der Waals surface area contributed by atoms with Crippen LogP contribution in [0.3, 0.4) is 0 Å². The molecule has 0 aliphatic rings. The molecule has 0 aromatic rings. The van der Waals surface area contributed by atoms with Gasteiger partial charge < -0.3 is 15.0 Å². The molecular formula is C11H22N3O4+. The summed E-state index contributed by atoms with van der Waals surface area (Å²) >= 11 is 0. The lowest BCUT2D eigenvalue weighted by atomic mass is 10.1. The van der Waals surface area contributed by atoms with Gasteiger partial charge in [-0.25, -0.2) is 4.79 Å². The molecule has 0 aromatic carbocycles. The summed E-state index contributed by atoms with van der Waals surface area (Å²) in [6, 6.07) is 0. The number of carbonyl (C=O) groups excluding carboxylic acids is 3. The van der Waals surface area contributed by atoms with Crippen LogP contribution in [-0.4, -0.2) is 50.7 Å². The minimum atomic E-state index is -0.799. The second-order valence-corrected chi connectivity index (χ2v) is 5.15. The molecule has 0 saturated heterocycles. The van der Waals surface area contributed by atoms with Gasteiger partial charge in [0.15, 0.2) is 13.1 Å². The molecule has 0 rings (SSSR count). The van der Waals surface area contributed by atoms with Crippen molar-refractivity contribution in [2.24, 2.45) is 0 Å². The number of hydrogen-bond donors (Lipinski definition) is 3. The fourth-order valence-electron chi connectivity index (χ4n) is 1.28. The highest BCUT2D eigenvalue weighted by molar-refractivity contribution is 5.92. The third-order valence-electron chi connectivity index (χ3n) is 1.87. The third kappa shape index (κ3) is 8.51. The zero-order valence-corrected chi connectivity index (χ0v) is 11.5. The Hall–Kier alpha value is -1.63.